The first-order valence-electron chi connectivity index (χ1n) is 16.7. The molecular weight excluding hydrogens is 532 g/mol. The maximum atomic E-state index is 2.47. The van der Waals surface area contributed by atoms with Gasteiger partial charge >= 0.3 is 0 Å². The van der Waals surface area contributed by atoms with Gasteiger partial charge in [0.05, 0.1) is 5.41 Å². The monoisotopic (exact) mass is 589 g/mol. The Hall–Kier alpha value is -3.13. The van der Waals surface area contributed by atoms with E-state index in [-0.39, 0.29) is 10.8 Å². The third-order valence-electron chi connectivity index (χ3n) is 12.2. The molecule has 5 rings (SSSR count). The summed E-state index contributed by atoms with van der Waals surface area (Å²) in [5.74, 6) is 0.621. The topological polar surface area (TPSA) is 6.25 Å². The van der Waals surface area contributed by atoms with Gasteiger partial charge in [-0.05, 0) is 162 Å². The summed E-state index contributed by atoms with van der Waals surface area (Å²) in [6.45, 7) is 32.7. The van der Waals surface area contributed by atoms with Gasteiger partial charge in [0.25, 0.3) is 0 Å². The van der Waals surface area contributed by atoms with E-state index in [1.807, 2.05) is 0 Å². The quantitative estimate of drug-likeness (QED) is 0.323. The third kappa shape index (κ3) is 4.53. The highest BCUT2D eigenvalue weighted by atomic mass is 15.2. The molecule has 2 heterocycles. The van der Waals surface area contributed by atoms with E-state index < -0.39 is 0 Å². The predicted octanol–water partition coefficient (Wildman–Crippen LogP) is 10.7. The smallest absolute Gasteiger partial charge is 0.213 e. The van der Waals surface area contributed by atoms with Gasteiger partial charge < -0.3 is 4.90 Å². The molecular formula is C42H57N2+. The minimum atomic E-state index is -0.0354. The average molecular weight is 590 g/mol. The number of hydrogen-bond donors (Lipinski definition) is 0. The van der Waals surface area contributed by atoms with Crippen LogP contribution in [0.1, 0.15) is 110 Å². The van der Waals surface area contributed by atoms with Crippen LogP contribution in [0.5, 0.6) is 0 Å². The van der Waals surface area contributed by atoms with Crippen LogP contribution in [0.3, 0.4) is 0 Å². The maximum absolute atomic E-state index is 2.47. The van der Waals surface area contributed by atoms with E-state index in [1.54, 1.807) is 0 Å². The second kappa shape index (κ2) is 10.7. The minimum absolute atomic E-state index is 0.0354. The summed E-state index contributed by atoms with van der Waals surface area (Å²) in [7, 11) is 4.53. The molecule has 1 atom stereocenters. The Morgan fingerprint density at radius 2 is 1.20 bits per heavy atom. The summed E-state index contributed by atoms with van der Waals surface area (Å²) in [5.41, 5.74) is 24.3. The molecule has 0 saturated heterocycles. The minimum Gasteiger partial charge on any atom is -0.347 e. The number of hydrogen-bond acceptors (Lipinski definition) is 1. The first kappa shape index (κ1) is 32.3. The lowest BCUT2D eigenvalue weighted by atomic mass is 9.76. The molecule has 0 N–H and O–H groups in total. The van der Waals surface area contributed by atoms with Crippen molar-refractivity contribution in [3.05, 3.63) is 102 Å². The Bertz CT molecular complexity index is 1760. The summed E-state index contributed by atoms with van der Waals surface area (Å²) in [6.07, 6.45) is 12.0. The molecule has 44 heavy (non-hydrogen) atoms. The van der Waals surface area contributed by atoms with Gasteiger partial charge in [-0.15, -0.1) is 0 Å². The number of nitrogens with zero attached hydrogens (tertiary/aromatic N) is 2. The third-order valence-corrected chi connectivity index (χ3v) is 12.2. The fraction of sp³-hybridized carbons (Fsp3) is 0.500. The average Bonchev–Trinajstić information content (AvgIpc) is 3.28. The van der Waals surface area contributed by atoms with Crippen molar-refractivity contribution in [2.45, 2.75) is 121 Å². The molecule has 0 radical (unpaired) electrons. The Kier molecular flexibility index (Phi) is 7.88. The second-order valence-electron chi connectivity index (χ2n) is 15.4. The van der Waals surface area contributed by atoms with E-state index in [1.165, 1.54) is 95.1 Å². The molecule has 0 amide bonds. The molecule has 2 heteroatoms. The first-order chi connectivity index (χ1) is 20.3. The van der Waals surface area contributed by atoms with Gasteiger partial charge in [0, 0.05) is 41.1 Å². The largest absolute Gasteiger partial charge is 0.347 e. The summed E-state index contributed by atoms with van der Waals surface area (Å²) in [4.78, 5) is 2.47. The van der Waals surface area contributed by atoms with E-state index in [0.29, 0.717) is 5.92 Å². The van der Waals surface area contributed by atoms with Crippen LogP contribution < -0.4 is 4.90 Å². The molecule has 2 aromatic rings. The van der Waals surface area contributed by atoms with E-state index >= 15 is 0 Å². The maximum Gasteiger partial charge on any atom is 0.213 e. The second-order valence-corrected chi connectivity index (χ2v) is 15.4. The van der Waals surface area contributed by atoms with Crippen LogP contribution in [0.2, 0.25) is 0 Å². The van der Waals surface area contributed by atoms with Crippen molar-refractivity contribution in [2.75, 3.05) is 19.0 Å². The van der Waals surface area contributed by atoms with Crippen molar-refractivity contribution in [3.8, 4) is 0 Å². The molecule has 0 aromatic heterocycles. The standard InChI is InChI=1S/C42H57N2/c1-23-21-33(17-19-35-41(11,12)37-28(6)24(2)26(4)30(8)39(37)43(35)15)32(10)34(22-23)18-20-36-42(13,14)38-29(7)25(3)27(5)31(9)40(38)44(36)16/h17-20,23H,21-22H2,1-16H3/q+1. The predicted molar refractivity (Wildman–Crippen MR) is 192 cm³/mol. The van der Waals surface area contributed by atoms with Crippen molar-refractivity contribution in [1.82, 2.24) is 0 Å². The summed E-state index contributed by atoms with van der Waals surface area (Å²) >= 11 is 0. The number of benzene rings is 2. The van der Waals surface area contributed by atoms with E-state index in [0.717, 1.165) is 12.8 Å². The zero-order valence-electron chi connectivity index (χ0n) is 30.7. The van der Waals surface area contributed by atoms with Gasteiger partial charge in [-0.1, -0.05) is 32.9 Å². The van der Waals surface area contributed by atoms with Crippen LogP contribution >= 0.6 is 0 Å². The van der Waals surface area contributed by atoms with Gasteiger partial charge in [0.1, 0.15) is 7.05 Å². The zero-order valence-corrected chi connectivity index (χ0v) is 30.7. The van der Waals surface area contributed by atoms with E-state index in [9.17, 15) is 0 Å². The van der Waals surface area contributed by atoms with Crippen molar-refractivity contribution in [1.29, 1.82) is 0 Å². The van der Waals surface area contributed by atoms with Crippen molar-refractivity contribution < 1.29 is 4.58 Å². The number of allylic oxidation sites excluding steroid dienone is 8. The Morgan fingerprint density at radius 1 is 0.659 bits per heavy atom. The van der Waals surface area contributed by atoms with Crippen LogP contribution in [0.4, 0.5) is 11.4 Å². The fourth-order valence-electron chi connectivity index (χ4n) is 9.01. The first-order valence-corrected chi connectivity index (χ1v) is 16.7. The van der Waals surface area contributed by atoms with Gasteiger partial charge in [-0.3, -0.25) is 0 Å². The molecule has 0 bridgehead atoms. The lowest BCUT2D eigenvalue weighted by Gasteiger charge is -2.26. The molecule has 3 aliphatic rings. The van der Waals surface area contributed by atoms with Gasteiger partial charge in [0.2, 0.25) is 5.69 Å². The highest BCUT2D eigenvalue weighted by Gasteiger charge is 2.46. The molecule has 2 aromatic carbocycles. The van der Waals surface area contributed by atoms with Crippen molar-refractivity contribution in [3.63, 3.8) is 0 Å². The normalized spacial score (nSPS) is 22.7. The van der Waals surface area contributed by atoms with E-state index in [2.05, 4.69) is 145 Å². The fourth-order valence-corrected chi connectivity index (χ4v) is 9.01. The molecule has 0 saturated carbocycles. The van der Waals surface area contributed by atoms with E-state index in [4.69, 9.17) is 0 Å². The van der Waals surface area contributed by atoms with Crippen molar-refractivity contribution >= 4 is 17.1 Å². The zero-order chi connectivity index (χ0) is 32.8. The number of fused-ring (bicyclic) bond motifs is 2. The molecule has 0 spiro atoms. The molecule has 0 fully saturated rings. The number of anilines is 1. The van der Waals surface area contributed by atoms with Gasteiger partial charge in [0.15, 0.2) is 5.71 Å². The van der Waals surface area contributed by atoms with Gasteiger partial charge in [-0.25, -0.2) is 0 Å². The Balaban J connectivity index is 1.55. The Labute approximate surface area is 269 Å². The number of likely N-dealkylation sites (N-methyl/N-ethyl adjacent to an activating group) is 1. The summed E-state index contributed by atoms with van der Waals surface area (Å²) in [5, 5.41) is 0. The van der Waals surface area contributed by atoms with Crippen molar-refractivity contribution in [2.24, 2.45) is 5.92 Å². The molecule has 2 aliphatic heterocycles. The highest BCUT2D eigenvalue weighted by Crippen LogP contribution is 2.52. The Morgan fingerprint density at radius 3 is 1.82 bits per heavy atom. The summed E-state index contributed by atoms with van der Waals surface area (Å²) < 4.78 is 2.47. The van der Waals surface area contributed by atoms with Crippen LogP contribution in [0.15, 0.2) is 46.7 Å². The van der Waals surface area contributed by atoms with Crippen LogP contribution in [0, 0.1) is 61.3 Å². The lowest BCUT2D eigenvalue weighted by Crippen LogP contribution is -2.27. The molecule has 1 unspecified atom stereocenters. The van der Waals surface area contributed by atoms with Crippen LogP contribution in [-0.2, 0) is 10.8 Å². The lowest BCUT2D eigenvalue weighted by molar-refractivity contribution is -0.402. The van der Waals surface area contributed by atoms with Crippen LogP contribution in [-0.4, -0.2) is 24.4 Å². The highest BCUT2D eigenvalue weighted by molar-refractivity contribution is 6.04. The van der Waals surface area contributed by atoms with Crippen LogP contribution in [0.25, 0.3) is 0 Å². The molecule has 1 aliphatic carbocycles. The summed E-state index contributed by atoms with van der Waals surface area (Å²) in [6, 6.07) is 0. The van der Waals surface area contributed by atoms with Gasteiger partial charge in [-0.2, -0.15) is 4.58 Å². The molecule has 234 valence electrons. The number of rotatable bonds is 3. The molecule has 2 nitrogen and oxygen atoms in total. The SMILES string of the molecule is CC1=C(/C=C/C2=[N+](C)c3c(C)c(C)c(C)c(C)c3C2(C)C)CC(C)C/C1=C\C=C1\N(C)c2c(C)c(C)c(C)c(C)c2C1(C)C.